The Kier molecular flexibility index (Phi) is 3.02. The van der Waals surface area contributed by atoms with Crippen LogP contribution in [0, 0.1) is 6.42 Å². The van der Waals surface area contributed by atoms with E-state index in [9.17, 15) is 0 Å². The van der Waals surface area contributed by atoms with E-state index in [4.69, 9.17) is 4.74 Å². The van der Waals surface area contributed by atoms with E-state index in [1.165, 1.54) is 5.56 Å². The number of hydrogen-bond acceptors (Lipinski definition) is 1. The van der Waals surface area contributed by atoms with E-state index < -0.39 is 0 Å². The van der Waals surface area contributed by atoms with Gasteiger partial charge in [-0.3, -0.25) is 0 Å². The third-order valence-electron chi connectivity index (χ3n) is 2.68. The molecule has 1 unspecified atom stereocenters. The van der Waals surface area contributed by atoms with Crippen LogP contribution in [-0.2, 0) is 11.2 Å². The topological polar surface area (TPSA) is 9.23 Å². The molecule has 1 aliphatic rings. The smallest absolute Gasteiger partial charge is 0.0971 e. The van der Waals surface area contributed by atoms with E-state index in [1.54, 1.807) is 7.11 Å². The van der Waals surface area contributed by atoms with Crippen molar-refractivity contribution >= 4 is 0 Å². The minimum absolute atomic E-state index is 0.268. The first kappa shape index (κ1) is 10.2. The molecular formula is C14H15O. The van der Waals surface area contributed by atoms with Crippen molar-refractivity contribution in [3.05, 3.63) is 66.6 Å². The second-order valence-electron chi connectivity index (χ2n) is 3.73. The van der Waals surface area contributed by atoms with Crippen LogP contribution in [0.2, 0.25) is 0 Å². The Hall–Kier alpha value is -1.34. The average Bonchev–Trinajstić information content (AvgIpc) is 2.32. The highest BCUT2D eigenvalue weighted by Crippen LogP contribution is 2.25. The molecule has 1 radical (unpaired) electrons. The van der Waals surface area contributed by atoms with Crippen LogP contribution in [0.3, 0.4) is 0 Å². The van der Waals surface area contributed by atoms with E-state index in [-0.39, 0.29) is 5.60 Å². The number of ether oxygens (including phenoxy) is 1. The Balaban J connectivity index is 2.15. The van der Waals surface area contributed by atoms with Gasteiger partial charge in [0.1, 0.15) is 0 Å². The van der Waals surface area contributed by atoms with Gasteiger partial charge < -0.3 is 4.74 Å². The summed E-state index contributed by atoms with van der Waals surface area (Å²) in [5.41, 5.74) is 1.02. The van der Waals surface area contributed by atoms with Gasteiger partial charge in [0.25, 0.3) is 0 Å². The lowest BCUT2D eigenvalue weighted by Gasteiger charge is -2.29. The molecule has 1 aromatic carbocycles. The van der Waals surface area contributed by atoms with Crippen molar-refractivity contribution in [2.45, 2.75) is 12.0 Å². The van der Waals surface area contributed by atoms with Crippen LogP contribution in [0.4, 0.5) is 0 Å². The SMILES string of the molecule is COC1(Cc2ccccc2)[CH]C=CC=C1. The van der Waals surface area contributed by atoms with Gasteiger partial charge in [0.2, 0.25) is 0 Å². The highest BCUT2D eigenvalue weighted by molar-refractivity contribution is 5.31. The van der Waals surface area contributed by atoms with Gasteiger partial charge >= 0.3 is 0 Å². The van der Waals surface area contributed by atoms with E-state index in [0.29, 0.717) is 0 Å². The molecule has 1 heteroatoms. The number of rotatable bonds is 3. The number of hydrogen-bond donors (Lipinski definition) is 0. The maximum atomic E-state index is 5.59. The Morgan fingerprint density at radius 3 is 2.47 bits per heavy atom. The molecule has 15 heavy (non-hydrogen) atoms. The van der Waals surface area contributed by atoms with Gasteiger partial charge in [0.05, 0.1) is 5.60 Å². The second kappa shape index (κ2) is 4.45. The fourth-order valence-corrected chi connectivity index (χ4v) is 1.80. The summed E-state index contributed by atoms with van der Waals surface area (Å²) in [5, 5.41) is 0. The summed E-state index contributed by atoms with van der Waals surface area (Å²) in [6.07, 6.45) is 11.2. The Morgan fingerprint density at radius 1 is 1.07 bits per heavy atom. The van der Waals surface area contributed by atoms with Crippen LogP contribution >= 0.6 is 0 Å². The number of benzene rings is 1. The maximum Gasteiger partial charge on any atom is 0.0971 e. The van der Waals surface area contributed by atoms with E-state index in [2.05, 4.69) is 36.8 Å². The molecule has 2 rings (SSSR count). The predicted molar refractivity (Wildman–Crippen MR) is 62.5 cm³/mol. The normalized spacial score (nSPS) is 24.3. The largest absolute Gasteiger partial charge is 0.373 e. The molecule has 0 bridgehead atoms. The zero-order chi connectivity index (χ0) is 10.6. The standard InChI is InChI=1S/C14H15O/c1-15-14(10-6-3-7-11-14)12-13-8-4-2-5-9-13/h2-11H,12H2,1H3. The van der Waals surface area contributed by atoms with Gasteiger partial charge in [-0.1, -0.05) is 54.6 Å². The molecule has 0 amide bonds. The van der Waals surface area contributed by atoms with Crippen molar-refractivity contribution in [1.82, 2.24) is 0 Å². The fourth-order valence-electron chi connectivity index (χ4n) is 1.80. The molecule has 0 aliphatic heterocycles. The molecule has 1 aliphatic carbocycles. The van der Waals surface area contributed by atoms with Gasteiger partial charge in [0.15, 0.2) is 0 Å². The molecule has 1 nitrogen and oxygen atoms in total. The quantitative estimate of drug-likeness (QED) is 0.727. The average molecular weight is 199 g/mol. The number of methoxy groups -OCH3 is 1. The monoisotopic (exact) mass is 199 g/mol. The van der Waals surface area contributed by atoms with Crippen LogP contribution in [-0.4, -0.2) is 12.7 Å². The minimum atomic E-state index is -0.268. The van der Waals surface area contributed by atoms with Crippen molar-refractivity contribution in [2.24, 2.45) is 0 Å². The third-order valence-corrected chi connectivity index (χ3v) is 2.68. The van der Waals surface area contributed by atoms with Crippen molar-refractivity contribution in [3.63, 3.8) is 0 Å². The summed E-state index contributed by atoms with van der Waals surface area (Å²) in [6.45, 7) is 0. The lowest BCUT2D eigenvalue weighted by atomic mass is 9.88. The van der Waals surface area contributed by atoms with Crippen LogP contribution in [0.25, 0.3) is 0 Å². The van der Waals surface area contributed by atoms with E-state index in [1.807, 2.05) is 24.3 Å². The Labute approximate surface area is 91.1 Å². The van der Waals surface area contributed by atoms with Crippen LogP contribution < -0.4 is 0 Å². The summed E-state index contributed by atoms with van der Waals surface area (Å²) in [6, 6.07) is 10.4. The summed E-state index contributed by atoms with van der Waals surface area (Å²) in [5.74, 6) is 0. The molecule has 0 aromatic heterocycles. The first-order valence-electron chi connectivity index (χ1n) is 5.14. The molecule has 0 spiro atoms. The first-order chi connectivity index (χ1) is 7.35. The van der Waals surface area contributed by atoms with Crippen molar-refractivity contribution in [3.8, 4) is 0 Å². The van der Waals surface area contributed by atoms with Gasteiger partial charge in [-0.15, -0.1) is 0 Å². The summed E-state index contributed by atoms with van der Waals surface area (Å²) in [7, 11) is 1.75. The summed E-state index contributed by atoms with van der Waals surface area (Å²) in [4.78, 5) is 0. The van der Waals surface area contributed by atoms with E-state index in [0.717, 1.165) is 6.42 Å². The zero-order valence-corrected chi connectivity index (χ0v) is 8.89. The van der Waals surface area contributed by atoms with Gasteiger partial charge in [0, 0.05) is 20.0 Å². The third kappa shape index (κ3) is 2.37. The van der Waals surface area contributed by atoms with Crippen molar-refractivity contribution in [1.29, 1.82) is 0 Å². The van der Waals surface area contributed by atoms with Gasteiger partial charge in [-0.25, -0.2) is 0 Å². The second-order valence-corrected chi connectivity index (χ2v) is 3.73. The molecule has 0 saturated carbocycles. The molecular weight excluding hydrogens is 184 g/mol. The molecule has 0 N–H and O–H groups in total. The van der Waals surface area contributed by atoms with Gasteiger partial charge in [-0.2, -0.15) is 0 Å². The van der Waals surface area contributed by atoms with Crippen molar-refractivity contribution < 1.29 is 4.74 Å². The highest BCUT2D eigenvalue weighted by atomic mass is 16.5. The van der Waals surface area contributed by atoms with Crippen LogP contribution in [0.15, 0.2) is 54.6 Å². The molecule has 1 atom stereocenters. The summed E-state index contributed by atoms with van der Waals surface area (Å²) >= 11 is 0. The fraction of sp³-hybridized carbons (Fsp3) is 0.214. The molecule has 0 heterocycles. The minimum Gasteiger partial charge on any atom is -0.373 e. The van der Waals surface area contributed by atoms with Crippen molar-refractivity contribution in [2.75, 3.05) is 7.11 Å². The van der Waals surface area contributed by atoms with Crippen LogP contribution in [0.1, 0.15) is 5.56 Å². The lowest BCUT2D eigenvalue weighted by Crippen LogP contribution is -2.32. The molecule has 1 aromatic rings. The first-order valence-corrected chi connectivity index (χ1v) is 5.14. The molecule has 0 fully saturated rings. The summed E-state index contributed by atoms with van der Waals surface area (Å²) < 4.78 is 5.59. The highest BCUT2D eigenvalue weighted by Gasteiger charge is 2.26. The zero-order valence-electron chi connectivity index (χ0n) is 8.89. The number of allylic oxidation sites excluding steroid dienone is 2. The van der Waals surface area contributed by atoms with Crippen LogP contribution in [0.5, 0.6) is 0 Å². The Morgan fingerprint density at radius 2 is 1.87 bits per heavy atom. The van der Waals surface area contributed by atoms with E-state index >= 15 is 0 Å². The lowest BCUT2D eigenvalue weighted by molar-refractivity contribution is 0.0634. The predicted octanol–water partition coefficient (Wildman–Crippen LogP) is 2.94. The maximum absolute atomic E-state index is 5.59. The molecule has 0 saturated heterocycles. The Bertz CT molecular complexity index is 364. The molecule has 77 valence electrons. The van der Waals surface area contributed by atoms with Gasteiger partial charge in [-0.05, 0) is 5.56 Å².